The third-order valence-corrected chi connectivity index (χ3v) is 3.65. The summed E-state index contributed by atoms with van der Waals surface area (Å²) in [5.41, 5.74) is 1.61. The zero-order valence-corrected chi connectivity index (χ0v) is 13.1. The Morgan fingerprint density at radius 2 is 2.11 bits per heavy atom. The lowest BCUT2D eigenvalue weighted by Gasteiger charge is -2.29. The third-order valence-electron chi connectivity index (χ3n) is 3.65. The highest BCUT2D eigenvalue weighted by atomic mass is 15.0. The van der Waals surface area contributed by atoms with Crippen molar-refractivity contribution in [3.8, 4) is 0 Å². The molecule has 1 unspecified atom stereocenters. The van der Waals surface area contributed by atoms with Crippen molar-refractivity contribution >= 4 is 5.84 Å². The maximum absolute atomic E-state index is 4.27. The van der Waals surface area contributed by atoms with Crippen LogP contribution < -0.4 is 5.32 Å². The fraction of sp³-hybridized carbons (Fsp3) is 0.688. The van der Waals surface area contributed by atoms with Crippen molar-refractivity contribution in [3.63, 3.8) is 0 Å². The minimum Gasteiger partial charge on any atom is -0.383 e. The Labute approximate surface area is 118 Å². The Balaban J connectivity index is 2.56. The first kappa shape index (κ1) is 15.8. The summed E-state index contributed by atoms with van der Waals surface area (Å²) >= 11 is 0. The summed E-state index contributed by atoms with van der Waals surface area (Å²) in [6.45, 7) is 4.46. The summed E-state index contributed by atoms with van der Waals surface area (Å²) in [6, 6.07) is 0.334. The van der Waals surface area contributed by atoms with E-state index in [0.717, 1.165) is 11.8 Å². The topological polar surface area (TPSA) is 27.6 Å². The molecular formula is C16H29N3. The molecule has 0 radical (unpaired) electrons. The lowest BCUT2D eigenvalue weighted by molar-refractivity contribution is 0.359. The van der Waals surface area contributed by atoms with Crippen LogP contribution >= 0.6 is 0 Å². The van der Waals surface area contributed by atoms with Crippen molar-refractivity contribution in [2.75, 3.05) is 21.1 Å². The molecule has 1 fully saturated rings. The van der Waals surface area contributed by atoms with Crippen LogP contribution in [0.2, 0.25) is 0 Å². The van der Waals surface area contributed by atoms with Crippen LogP contribution in [-0.2, 0) is 0 Å². The predicted octanol–water partition coefficient (Wildman–Crippen LogP) is 3.20. The number of amidine groups is 1. The molecule has 0 saturated heterocycles. The van der Waals surface area contributed by atoms with Gasteiger partial charge in [-0.1, -0.05) is 25.0 Å². The molecule has 1 saturated carbocycles. The Hall–Kier alpha value is -1.25. The van der Waals surface area contributed by atoms with E-state index in [1.165, 1.54) is 25.7 Å². The van der Waals surface area contributed by atoms with Gasteiger partial charge >= 0.3 is 0 Å². The van der Waals surface area contributed by atoms with Gasteiger partial charge in [0.15, 0.2) is 0 Å². The molecule has 3 heteroatoms. The Morgan fingerprint density at radius 1 is 1.42 bits per heavy atom. The number of hydrogen-bond donors (Lipinski definition) is 1. The minimum atomic E-state index is 0.334. The molecule has 1 aliphatic rings. The summed E-state index contributed by atoms with van der Waals surface area (Å²) in [4.78, 5) is 6.29. The molecule has 1 rings (SSSR count). The van der Waals surface area contributed by atoms with E-state index in [-0.39, 0.29) is 0 Å². The van der Waals surface area contributed by atoms with Crippen molar-refractivity contribution in [1.82, 2.24) is 10.2 Å². The van der Waals surface area contributed by atoms with Crippen LogP contribution in [0.3, 0.4) is 0 Å². The first-order chi connectivity index (χ1) is 9.06. The molecule has 0 aliphatic heterocycles. The van der Waals surface area contributed by atoms with E-state index < -0.39 is 0 Å². The monoisotopic (exact) mass is 263 g/mol. The number of hydrogen-bond acceptors (Lipinski definition) is 2. The summed E-state index contributed by atoms with van der Waals surface area (Å²) < 4.78 is 0. The molecule has 0 aromatic carbocycles. The van der Waals surface area contributed by atoms with E-state index in [1.807, 2.05) is 38.3 Å². The zero-order valence-electron chi connectivity index (χ0n) is 13.1. The Bertz CT molecular complexity index is 349. The first-order valence-electron chi connectivity index (χ1n) is 7.35. The van der Waals surface area contributed by atoms with Crippen LogP contribution in [0.4, 0.5) is 0 Å². The largest absolute Gasteiger partial charge is 0.383 e. The molecule has 0 aromatic rings. The molecule has 0 bridgehead atoms. The summed E-state index contributed by atoms with van der Waals surface area (Å²) in [5, 5.41) is 3.45. The highest BCUT2D eigenvalue weighted by Crippen LogP contribution is 2.34. The molecule has 1 aliphatic carbocycles. The van der Waals surface area contributed by atoms with Crippen LogP contribution in [0.15, 0.2) is 28.9 Å². The fourth-order valence-electron chi connectivity index (χ4n) is 2.32. The molecule has 19 heavy (non-hydrogen) atoms. The number of allylic oxidation sites excluding steroid dienone is 1. The average molecular weight is 263 g/mol. The van der Waals surface area contributed by atoms with Crippen LogP contribution in [0, 0.1) is 5.92 Å². The Morgan fingerprint density at radius 3 is 2.53 bits per heavy atom. The highest BCUT2D eigenvalue weighted by molar-refractivity contribution is 5.93. The number of aliphatic imine (C=N–C) groups is 1. The fourth-order valence-corrected chi connectivity index (χ4v) is 2.32. The molecule has 0 spiro atoms. The second-order valence-electron chi connectivity index (χ2n) is 5.54. The minimum absolute atomic E-state index is 0.334. The van der Waals surface area contributed by atoms with Gasteiger partial charge in [0.25, 0.3) is 0 Å². The van der Waals surface area contributed by atoms with E-state index in [2.05, 4.69) is 30.2 Å². The van der Waals surface area contributed by atoms with E-state index in [0.29, 0.717) is 6.04 Å². The maximum Gasteiger partial charge on any atom is 0.122 e. The third kappa shape index (κ3) is 5.50. The van der Waals surface area contributed by atoms with Gasteiger partial charge in [-0.3, -0.25) is 4.99 Å². The van der Waals surface area contributed by atoms with Gasteiger partial charge in [-0.05, 0) is 38.2 Å². The standard InChI is InChI=1S/C16H29N3/c1-6-14(15-8-7-9-15)12-13(2)18-16(17-3)10-11-19(4)5/h10-13,15H,6-9H2,1-5H3,(H,17,18)/b11-10-,14-12+. The average Bonchev–Trinajstić information content (AvgIpc) is 2.31. The summed E-state index contributed by atoms with van der Waals surface area (Å²) in [5.74, 6) is 1.77. The lowest BCUT2D eigenvalue weighted by atomic mass is 9.78. The smallest absolute Gasteiger partial charge is 0.122 e. The molecule has 1 atom stereocenters. The van der Waals surface area contributed by atoms with E-state index >= 15 is 0 Å². The quantitative estimate of drug-likeness (QED) is 0.453. The number of rotatable bonds is 6. The summed E-state index contributed by atoms with van der Waals surface area (Å²) in [6.07, 6.45) is 11.7. The lowest BCUT2D eigenvalue weighted by Crippen LogP contribution is -2.31. The van der Waals surface area contributed by atoms with Gasteiger partial charge in [0.2, 0.25) is 0 Å². The number of nitrogens with zero attached hydrogens (tertiary/aromatic N) is 2. The maximum atomic E-state index is 4.27. The second kappa shape index (κ2) is 8.03. The van der Waals surface area contributed by atoms with Gasteiger partial charge in [0.1, 0.15) is 5.84 Å². The summed E-state index contributed by atoms with van der Waals surface area (Å²) in [7, 11) is 5.85. The van der Waals surface area contributed by atoms with Crippen LogP contribution in [0.25, 0.3) is 0 Å². The van der Waals surface area contributed by atoms with Gasteiger partial charge in [0, 0.05) is 33.4 Å². The van der Waals surface area contributed by atoms with Crippen LogP contribution in [0.1, 0.15) is 39.5 Å². The first-order valence-corrected chi connectivity index (χ1v) is 7.35. The SMILES string of the molecule is CC/C(=C\C(C)NC(/C=C\N(C)C)=NC)C1CCC1. The molecule has 0 aromatic heterocycles. The van der Waals surface area contributed by atoms with Gasteiger partial charge in [-0.15, -0.1) is 0 Å². The number of nitrogens with one attached hydrogen (secondary N) is 1. The van der Waals surface area contributed by atoms with Crippen molar-refractivity contribution in [1.29, 1.82) is 0 Å². The Kier molecular flexibility index (Phi) is 6.68. The molecular weight excluding hydrogens is 234 g/mol. The predicted molar refractivity (Wildman–Crippen MR) is 84.5 cm³/mol. The molecule has 108 valence electrons. The van der Waals surface area contributed by atoms with E-state index in [1.54, 1.807) is 5.57 Å². The van der Waals surface area contributed by atoms with Gasteiger partial charge in [-0.2, -0.15) is 0 Å². The zero-order chi connectivity index (χ0) is 14.3. The van der Waals surface area contributed by atoms with Crippen molar-refractivity contribution in [2.45, 2.75) is 45.6 Å². The van der Waals surface area contributed by atoms with Gasteiger partial charge in [-0.25, -0.2) is 0 Å². The molecule has 0 heterocycles. The molecule has 3 nitrogen and oxygen atoms in total. The van der Waals surface area contributed by atoms with Crippen LogP contribution in [-0.4, -0.2) is 37.9 Å². The van der Waals surface area contributed by atoms with E-state index in [4.69, 9.17) is 0 Å². The highest BCUT2D eigenvalue weighted by Gasteiger charge is 2.20. The van der Waals surface area contributed by atoms with Gasteiger partial charge in [0.05, 0.1) is 0 Å². The molecule has 0 amide bonds. The van der Waals surface area contributed by atoms with Crippen molar-refractivity contribution < 1.29 is 0 Å². The van der Waals surface area contributed by atoms with E-state index in [9.17, 15) is 0 Å². The second-order valence-corrected chi connectivity index (χ2v) is 5.54. The molecule has 1 N–H and O–H groups in total. The normalized spacial score (nSPS) is 19.4. The van der Waals surface area contributed by atoms with Crippen molar-refractivity contribution in [3.05, 3.63) is 23.9 Å². The van der Waals surface area contributed by atoms with Gasteiger partial charge < -0.3 is 10.2 Å². The van der Waals surface area contributed by atoms with Crippen LogP contribution in [0.5, 0.6) is 0 Å². The van der Waals surface area contributed by atoms with Crippen molar-refractivity contribution in [2.24, 2.45) is 10.9 Å².